The van der Waals surface area contributed by atoms with Crippen molar-refractivity contribution in [3.05, 3.63) is 77.2 Å². The molecule has 2 aromatic heterocycles. The lowest BCUT2D eigenvalue weighted by Crippen LogP contribution is -2.35. The highest BCUT2D eigenvalue weighted by molar-refractivity contribution is 7.91. The number of sulfone groups is 1. The van der Waals surface area contributed by atoms with Crippen molar-refractivity contribution in [3.63, 3.8) is 0 Å². The first kappa shape index (κ1) is 22.8. The Kier molecular flexibility index (Phi) is 5.40. The minimum absolute atomic E-state index is 0.0302. The number of fused-ring (bicyclic) bond motifs is 2. The summed E-state index contributed by atoms with van der Waals surface area (Å²) in [4.78, 5) is 20.6. The minimum atomic E-state index is -3.17. The Morgan fingerprint density at radius 3 is 2.67 bits per heavy atom. The molecule has 9 heteroatoms. The third kappa shape index (κ3) is 3.78. The third-order valence-corrected chi connectivity index (χ3v) is 8.88. The van der Waals surface area contributed by atoms with Crippen LogP contribution in [-0.4, -0.2) is 47.1 Å². The summed E-state index contributed by atoms with van der Waals surface area (Å²) in [5.74, 6) is -0.593. The van der Waals surface area contributed by atoms with Crippen LogP contribution in [0.4, 0.5) is 10.1 Å². The number of carbonyl (C=O) groups is 1. The van der Waals surface area contributed by atoms with Gasteiger partial charge < -0.3 is 4.90 Å². The van der Waals surface area contributed by atoms with Gasteiger partial charge in [-0.25, -0.2) is 22.5 Å². The van der Waals surface area contributed by atoms with Crippen LogP contribution in [0.15, 0.2) is 54.6 Å². The fourth-order valence-corrected chi connectivity index (χ4v) is 7.09. The minimum Gasteiger partial charge on any atom is -0.308 e. The molecule has 1 unspecified atom stereocenters. The number of aromatic nitrogens is 3. The molecule has 0 saturated carbocycles. The second-order valence-electron chi connectivity index (χ2n) is 9.51. The molecule has 0 aliphatic carbocycles. The highest BCUT2D eigenvalue weighted by Crippen LogP contribution is 2.35. The summed E-state index contributed by atoms with van der Waals surface area (Å²) in [6.07, 6.45) is 2.17. The summed E-state index contributed by atoms with van der Waals surface area (Å²) in [5.41, 5.74) is 3.96. The summed E-state index contributed by atoms with van der Waals surface area (Å²) in [7, 11) is -3.17. The Morgan fingerprint density at radius 2 is 1.89 bits per heavy atom. The number of anilines is 1. The Labute approximate surface area is 208 Å². The molecule has 6 rings (SSSR count). The van der Waals surface area contributed by atoms with Gasteiger partial charge in [-0.1, -0.05) is 30.3 Å². The molecule has 0 N–H and O–H groups in total. The fraction of sp³-hybridized carbons (Fsp3) is 0.296. The number of nitrogens with zero attached hydrogens (tertiary/aromatic N) is 4. The zero-order valence-electron chi connectivity index (χ0n) is 19.8. The van der Waals surface area contributed by atoms with Gasteiger partial charge in [0.05, 0.1) is 39.9 Å². The molecule has 1 atom stereocenters. The molecule has 7 nitrogen and oxygen atoms in total. The van der Waals surface area contributed by atoms with Crippen LogP contribution >= 0.6 is 0 Å². The van der Waals surface area contributed by atoms with Crippen LogP contribution in [0.25, 0.3) is 22.3 Å². The number of carbonyl (C=O) groups excluding carboxylic acids is 1. The maximum atomic E-state index is 14.8. The number of hydrogen-bond acceptors (Lipinski definition) is 5. The van der Waals surface area contributed by atoms with Crippen LogP contribution in [-0.2, 0) is 16.3 Å². The number of pyridine rings is 1. The first-order valence-electron chi connectivity index (χ1n) is 12.1. The van der Waals surface area contributed by atoms with Gasteiger partial charge in [-0.15, -0.1) is 0 Å². The lowest BCUT2D eigenvalue weighted by Gasteiger charge is -2.29. The molecule has 1 saturated heterocycles. The van der Waals surface area contributed by atoms with E-state index >= 15 is 0 Å². The van der Waals surface area contributed by atoms with Gasteiger partial charge in [-0.05, 0) is 56.0 Å². The van der Waals surface area contributed by atoms with Gasteiger partial charge in [0.15, 0.2) is 15.5 Å². The summed E-state index contributed by atoms with van der Waals surface area (Å²) < 4.78 is 40.9. The molecule has 2 aliphatic rings. The SMILES string of the molecule is Cc1nn(C2CCS(=O)(=O)C2)c2nc(-c3ccccc3F)cc(C(=O)N3CCCc4ccccc43)c12. The molecule has 0 spiro atoms. The number of rotatable bonds is 3. The zero-order valence-corrected chi connectivity index (χ0v) is 20.6. The maximum Gasteiger partial charge on any atom is 0.259 e. The topological polar surface area (TPSA) is 85.2 Å². The van der Waals surface area contributed by atoms with Gasteiger partial charge in [0, 0.05) is 17.8 Å². The average Bonchev–Trinajstić information content (AvgIpc) is 3.41. The summed E-state index contributed by atoms with van der Waals surface area (Å²) in [5, 5.41) is 5.23. The normalized spacial score (nSPS) is 18.9. The summed E-state index contributed by atoms with van der Waals surface area (Å²) in [6.45, 7) is 2.37. The van der Waals surface area contributed by atoms with Gasteiger partial charge in [0.2, 0.25) is 0 Å². The predicted octanol–water partition coefficient (Wildman–Crippen LogP) is 4.50. The smallest absolute Gasteiger partial charge is 0.259 e. The van der Waals surface area contributed by atoms with E-state index in [0.717, 1.165) is 24.1 Å². The lowest BCUT2D eigenvalue weighted by molar-refractivity contribution is 0.0986. The highest BCUT2D eigenvalue weighted by Gasteiger charge is 2.33. The Morgan fingerprint density at radius 1 is 1.11 bits per heavy atom. The van der Waals surface area contributed by atoms with E-state index in [2.05, 4.69) is 5.10 Å². The van der Waals surface area contributed by atoms with E-state index in [1.165, 1.54) is 6.07 Å². The van der Waals surface area contributed by atoms with Crippen molar-refractivity contribution >= 4 is 32.5 Å². The number of benzene rings is 2. The largest absolute Gasteiger partial charge is 0.308 e. The predicted molar refractivity (Wildman–Crippen MR) is 136 cm³/mol. The van der Waals surface area contributed by atoms with E-state index in [1.807, 2.05) is 24.3 Å². The third-order valence-electron chi connectivity index (χ3n) is 7.13. The average molecular weight is 505 g/mol. The second-order valence-corrected chi connectivity index (χ2v) is 11.7. The monoisotopic (exact) mass is 504 g/mol. The van der Waals surface area contributed by atoms with E-state index in [0.29, 0.717) is 41.0 Å². The van der Waals surface area contributed by atoms with Crippen molar-refractivity contribution in [3.8, 4) is 11.3 Å². The molecule has 1 amide bonds. The van der Waals surface area contributed by atoms with Crippen molar-refractivity contribution < 1.29 is 17.6 Å². The summed E-state index contributed by atoms with van der Waals surface area (Å²) >= 11 is 0. The molecule has 0 bridgehead atoms. The second kappa shape index (κ2) is 8.51. The first-order valence-corrected chi connectivity index (χ1v) is 13.9. The lowest BCUT2D eigenvalue weighted by atomic mass is 9.99. The quantitative estimate of drug-likeness (QED) is 0.410. The zero-order chi connectivity index (χ0) is 25.0. The molecular formula is C27H25FN4O3S. The Hall–Kier alpha value is -3.59. The summed E-state index contributed by atoms with van der Waals surface area (Å²) in [6, 6.07) is 15.4. The molecule has 1 fully saturated rings. The first-order chi connectivity index (χ1) is 17.3. The van der Waals surface area contributed by atoms with Crippen LogP contribution in [0.1, 0.15) is 40.5 Å². The molecule has 4 heterocycles. The maximum absolute atomic E-state index is 14.8. The van der Waals surface area contributed by atoms with Crippen molar-refractivity contribution in [1.82, 2.24) is 14.8 Å². The van der Waals surface area contributed by atoms with Crippen molar-refractivity contribution in [2.45, 2.75) is 32.2 Å². The molecule has 0 radical (unpaired) electrons. The van der Waals surface area contributed by atoms with Gasteiger partial charge in [0.25, 0.3) is 5.91 Å². The molecule has 4 aromatic rings. The van der Waals surface area contributed by atoms with Crippen molar-refractivity contribution in [2.75, 3.05) is 23.0 Å². The number of amides is 1. The van der Waals surface area contributed by atoms with Gasteiger partial charge >= 0.3 is 0 Å². The molecule has 2 aliphatic heterocycles. The number of aryl methyl sites for hydroxylation is 2. The van der Waals surface area contributed by atoms with Crippen molar-refractivity contribution in [1.29, 1.82) is 0 Å². The van der Waals surface area contributed by atoms with Crippen LogP contribution in [0.5, 0.6) is 0 Å². The highest BCUT2D eigenvalue weighted by atomic mass is 32.2. The van der Waals surface area contributed by atoms with Crippen LogP contribution in [0, 0.1) is 12.7 Å². The van der Waals surface area contributed by atoms with E-state index in [1.54, 1.807) is 40.8 Å². The van der Waals surface area contributed by atoms with Crippen LogP contribution < -0.4 is 4.90 Å². The Balaban J connectivity index is 1.57. The fourth-order valence-electron chi connectivity index (χ4n) is 5.40. The molecule has 2 aromatic carbocycles. The van der Waals surface area contributed by atoms with E-state index in [4.69, 9.17) is 4.98 Å². The number of halogens is 1. The van der Waals surface area contributed by atoms with Crippen LogP contribution in [0.2, 0.25) is 0 Å². The van der Waals surface area contributed by atoms with Crippen LogP contribution in [0.3, 0.4) is 0 Å². The van der Waals surface area contributed by atoms with Gasteiger partial charge in [-0.2, -0.15) is 5.10 Å². The van der Waals surface area contributed by atoms with E-state index in [9.17, 15) is 17.6 Å². The van der Waals surface area contributed by atoms with Gasteiger partial charge in [-0.3, -0.25) is 4.79 Å². The molecular weight excluding hydrogens is 479 g/mol. The molecule has 36 heavy (non-hydrogen) atoms. The number of para-hydroxylation sites is 1. The Bertz CT molecular complexity index is 1630. The van der Waals surface area contributed by atoms with E-state index in [-0.39, 0.29) is 29.0 Å². The van der Waals surface area contributed by atoms with Crippen molar-refractivity contribution in [2.24, 2.45) is 0 Å². The standard InChI is InChI=1S/C27H25FN4O3S/c1-17-25-21(27(33)31-13-6-8-18-7-2-5-11-24(18)31)15-23(20-9-3-4-10-22(20)28)29-26(25)32(30-17)19-12-14-36(34,35)16-19/h2-5,7,9-11,15,19H,6,8,12-14,16H2,1H3. The molecule has 184 valence electrons. The van der Waals surface area contributed by atoms with Gasteiger partial charge in [0.1, 0.15) is 5.82 Å². The number of hydrogen-bond donors (Lipinski definition) is 0. The van der Waals surface area contributed by atoms with E-state index < -0.39 is 15.7 Å².